The molecule has 0 heterocycles. The Morgan fingerprint density at radius 1 is 0.903 bits per heavy atom. The van der Waals surface area contributed by atoms with Crippen LogP contribution in [-0.2, 0) is 24.0 Å². The van der Waals surface area contributed by atoms with Crippen molar-refractivity contribution < 1.29 is 34.2 Å². The Balaban J connectivity index is 5.30. The largest absolute Gasteiger partial charge is 0.480 e. The van der Waals surface area contributed by atoms with Crippen molar-refractivity contribution in [3.63, 3.8) is 0 Å². The van der Waals surface area contributed by atoms with Gasteiger partial charge in [-0.15, -0.1) is 0 Å². The van der Waals surface area contributed by atoms with Crippen LogP contribution in [0.5, 0.6) is 0 Å². The Bertz CT molecular complexity index is 656. The lowest BCUT2D eigenvalue weighted by molar-refractivity contribution is -0.143. The molecule has 0 aliphatic rings. The molecule has 0 aromatic heterocycles. The summed E-state index contributed by atoms with van der Waals surface area (Å²) in [5.74, 6) is -4.82. The second kappa shape index (κ2) is 13.5. The molecule has 178 valence electrons. The molecule has 0 aliphatic heterocycles. The maximum Gasteiger partial charge on any atom is 0.326 e. The molecule has 0 aromatic rings. The molecule has 4 amide bonds. The molecule has 0 fully saturated rings. The zero-order valence-corrected chi connectivity index (χ0v) is 18.4. The minimum absolute atomic E-state index is 0.0156. The highest BCUT2D eigenvalue weighted by Gasteiger charge is 2.32. The lowest BCUT2D eigenvalue weighted by Gasteiger charge is -2.27. The molecule has 0 saturated heterocycles. The van der Waals surface area contributed by atoms with Crippen molar-refractivity contribution >= 4 is 29.6 Å². The number of carboxylic acid groups (broad SMARTS) is 1. The van der Waals surface area contributed by atoms with Gasteiger partial charge >= 0.3 is 5.97 Å². The number of primary amides is 1. The number of carbonyl (C=O) groups excluding carboxylic acids is 4. The summed E-state index contributed by atoms with van der Waals surface area (Å²) in [5, 5.41) is 25.9. The summed E-state index contributed by atoms with van der Waals surface area (Å²) in [7, 11) is 0. The van der Waals surface area contributed by atoms with Gasteiger partial charge in [-0.05, 0) is 18.3 Å². The quantitative estimate of drug-likeness (QED) is 0.155. The van der Waals surface area contributed by atoms with Gasteiger partial charge in [-0.3, -0.25) is 19.2 Å². The van der Waals surface area contributed by atoms with Gasteiger partial charge in [0.05, 0.1) is 19.1 Å². The third-order valence-electron chi connectivity index (χ3n) is 4.69. The monoisotopic (exact) mass is 445 g/mol. The van der Waals surface area contributed by atoms with Gasteiger partial charge in [-0.1, -0.05) is 34.1 Å². The first kappa shape index (κ1) is 28.3. The Morgan fingerprint density at radius 2 is 1.45 bits per heavy atom. The van der Waals surface area contributed by atoms with E-state index in [1.807, 2.05) is 0 Å². The van der Waals surface area contributed by atoms with Crippen LogP contribution in [0.3, 0.4) is 0 Å². The van der Waals surface area contributed by atoms with Gasteiger partial charge in [0, 0.05) is 0 Å². The second-order valence-corrected chi connectivity index (χ2v) is 7.92. The number of aliphatic carboxylic acids is 1. The van der Waals surface area contributed by atoms with Crippen LogP contribution >= 0.6 is 0 Å². The number of aliphatic hydroxyl groups excluding tert-OH is 1. The van der Waals surface area contributed by atoms with E-state index in [9.17, 15) is 34.2 Å². The number of rotatable bonds is 14. The Morgan fingerprint density at radius 3 is 1.87 bits per heavy atom. The molecule has 0 rings (SSSR count). The highest BCUT2D eigenvalue weighted by molar-refractivity contribution is 5.95. The summed E-state index contributed by atoms with van der Waals surface area (Å²) in [4.78, 5) is 59.6. The molecule has 0 radical (unpaired) electrons. The van der Waals surface area contributed by atoms with Gasteiger partial charge in [0.1, 0.15) is 18.1 Å². The number of nitrogens with two attached hydrogens (primary N) is 2. The number of amides is 4. The summed E-state index contributed by atoms with van der Waals surface area (Å²) < 4.78 is 0. The van der Waals surface area contributed by atoms with E-state index in [1.54, 1.807) is 27.7 Å². The van der Waals surface area contributed by atoms with Crippen molar-refractivity contribution in [2.75, 3.05) is 6.61 Å². The summed E-state index contributed by atoms with van der Waals surface area (Å²) in [6, 6.07) is -4.97. The van der Waals surface area contributed by atoms with Crippen molar-refractivity contribution in [1.29, 1.82) is 0 Å². The van der Waals surface area contributed by atoms with Gasteiger partial charge < -0.3 is 37.6 Å². The molecule has 0 aliphatic carbocycles. The third kappa shape index (κ3) is 10.2. The van der Waals surface area contributed by atoms with E-state index in [-0.39, 0.29) is 18.3 Å². The van der Waals surface area contributed by atoms with E-state index in [2.05, 4.69) is 16.0 Å². The van der Waals surface area contributed by atoms with E-state index >= 15 is 0 Å². The molecule has 0 unspecified atom stereocenters. The Hall–Kier alpha value is -2.73. The Labute approximate surface area is 181 Å². The van der Waals surface area contributed by atoms with Crippen LogP contribution in [-0.4, -0.2) is 70.6 Å². The van der Waals surface area contributed by atoms with Gasteiger partial charge in [-0.2, -0.15) is 0 Å². The maximum atomic E-state index is 12.7. The van der Waals surface area contributed by atoms with Crippen molar-refractivity contribution in [3.8, 4) is 0 Å². The highest BCUT2D eigenvalue weighted by atomic mass is 16.4. The van der Waals surface area contributed by atoms with E-state index < -0.39 is 66.8 Å². The number of hydrogen-bond acceptors (Lipinski definition) is 7. The van der Waals surface area contributed by atoms with Gasteiger partial charge in [0.25, 0.3) is 0 Å². The summed E-state index contributed by atoms with van der Waals surface area (Å²) in [6.45, 7) is 6.25. The van der Waals surface area contributed by atoms with Crippen LogP contribution < -0.4 is 27.4 Å². The minimum Gasteiger partial charge on any atom is -0.480 e. The smallest absolute Gasteiger partial charge is 0.326 e. The SMILES string of the molecule is CC[C@H](C)[C@H](NC(=O)[C@@H](N)CC(N)=O)C(=O)N[C@@H](CO)C(=O)N[C@@H](CC(C)C)C(=O)O. The standard InChI is InChI=1S/C19H35N5O7/c1-5-10(4)15(24-16(27)11(20)7-14(21)26)18(29)23-13(8-25)17(28)22-12(19(30)31)6-9(2)3/h9-13,15,25H,5-8,20H2,1-4H3,(H2,21,26)(H,22,28)(H,23,29)(H,24,27)(H,30,31)/t10-,11-,12-,13-,15-/m0/s1. The number of carbonyl (C=O) groups is 5. The average molecular weight is 446 g/mol. The molecule has 0 spiro atoms. The maximum absolute atomic E-state index is 12.7. The lowest BCUT2D eigenvalue weighted by Crippen LogP contribution is -2.59. The fourth-order valence-corrected chi connectivity index (χ4v) is 2.69. The van der Waals surface area contributed by atoms with E-state index in [4.69, 9.17) is 11.5 Å². The van der Waals surface area contributed by atoms with Crippen molar-refractivity contribution in [2.45, 2.75) is 71.1 Å². The van der Waals surface area contributed by atoms with E-state index in [1.165, 1.54) is 0 Å². The van der Waals surface area contributed by atoms with Crippen molar-refractivity contribution in [3.05, 3.63) is 0 Å². The predicted octanol–water partition coefficient (Wildman–Crippen LogP) is -2.19. The summed E-state index contributed by atoms with van der Waals surface area (Å²) in [6.07, 6.45) is 0.236. The molecule has 0 bridgehead atoms. The van der Waals surface area contributed by atoms with Gasteiger partial charge in [0.15, 0.2) is 0 Å². The Kier molecular flexibility index (Phi) is 12.4. The lowest BCUT2D eigenvalue weighted by atomic mass is 9.97. The molecule has 12 heteroatoms. The third-order valence-corrected chi connectivity index (χ3v) is 4.69. The second-order valence-electron chi connectivity index (χ2n) is 7.92. The van der Waals surface area contributed by atoms with Crippen LogP contribution in [0.25, 0.3) is 0 Å². The summed E-state index contributed by atoms with van der Waals surface area (Å²) in [5.41, 5.74) is 10.6. The molecule has 31 heavy (non-hydrogen) atoms. The zero-order valence-electron chi connectivity index (χ0n) is 18.4. The zero-order chi connectivity index (χ0) is 24.3. The fourth-order valence-electron chi connectivity index (χ4n) is 2.69. The van der Waals surface area contributed by atoms with Crippen molar-refractivity contribution in [1.82, 2.24) is 16.0 Å². The number of hydrogen-bond donors (Lipinski definition) is 7. The topological polar surface area (TPSA) is 214 Å². The first-order valence-electron chi connectivity index (χ1n) is 10.1. The van der Waals surface area contributed by atoms with Gasteiger partial charge in [0.2, 0.25) is 23.6 Å². The molecule has 0 saturated carbocycles. The van der Waals surface area contributed by atoms with Crippen molar-refractivity contribution in [2.24, 2.45) is 23.3 Å². The van der Waals surface area contributed by atoms with Gasteiger partial charge in [-0.25, -0.2) is 4.79 Å². The van der Waals surface area contributed by atoms with E-state index in [0.717, 1.165) is 0 Å². The highest BCUT2D eigenvalue weighted by Crippen LogP contribution is 2.10. The number of aliphatic hydroxyl groups is 1. The van der Waals surface area contributed by atoms with E-state index in [0.29, 0.717) is 6.42 Å². The molecular weight excluding hydrogens is 410 g/mol. The fraction of sp³-hybridized carbons (Fsp3) is 0.737. The van der Waals surface area contributed by atoms with Crippen LogP contribution in [0.15, 0.2) is 0 Å². The van der Waals surface area contributed by atoms with Crippen LogP contribution in [0, 0.1) is 11.8 Å². The summed E-state index contributed by atoms with van der Waals surface area (Å²) >= 11 is 0. The molecule has 5 atom stereocenters. The normalized spacial score (nSPS) is 15.8. The first-order valence-corrected chi connectivity index (χ1v) is 10.1. The average Bonchev–Trinajstić information content (AvgIpc) is 2.67. The number of carboxylic acids is 1. The molecule has 9 N–H and O–H groups in total. The molecule has 12 nitrogen and oxygen atoms in total. The van der Waals surface area contributed by atoms with Crippen LogP contribution in [0.4, 0.5) is 0 Å². The van der Waals surface area contributed by atoms with Crippen LogP contribution in [0.1, 0.15) is 47.0 Å². The first-order chi connectivity index (χ1) is 14.3. The van der Waals surface area contributed by atoms with Crippen LogP contribution in [0.2, 0.25) is 0 Å². The molecular formula is C19H35N5O7. The molecule has 0 aromatic carbocycles. The predicted molar refractivity (Wildman–Crippen MR) is 111 cm³/mol. The number of nitrogens with one attached hydrogen (secondary N) is 3. The minimum atomic E-state index is -1.43.